The van der Waals surface area contributed by atoms with Crippen LogP contribution in [0.1, 0.15) is 21.9 Å². The first-order valence-electron chi connectivity index (χ1n) is 5.64. The Balaban J connectivity index is 1.73. The molecule has 2 heterocycles. The van der Waals surface area contributed by atoms with Crippen LogP contribution in [0, 0.1) is 0 Å². The van der Waals surface area contributed by atoms with Crippen molar-refractivity contribution in [1.29, 1.82) is 0 Å². The van der Waals surface area contributed by atoms with Crippen molar-refractivity contribution < 1.29 is 4.79 Å². The Bertz CT molecular complexity index is 533. The summed E-state index contributed by atoms with van der Waals surface area (Å²) in [6, 6.07) is 3.64. The molecule has 1 amide bonds. The maximum Gasteiger partial charge on any atom is 0.267 e. The fourth-order valence-corrected chi connectivity index (χ4v) is 2.25. The smallest absolute Gasteiger partial charge is 0.267 e. The maximum atomic E-state index is 11.8. The van der Waals surface area contributed by atoms with Gasteiger partial charge >= 0.3 is 0 Å². The fourth-order valence-electron chi connectivity index (χ4n) is 1.60. The van der Waals surface area contributed by atoms with Crippen molar-refractivity contribution in [1.82, 2.24) is 20.1 Å². The molecule has 0 saturated heterocycles. The summed E-state index contributed by atoms with van der Waals surface area (Å²) in [6.07, 6.45) is 3.45. The summed E-state index contributed by atoms with van der Waals surface area (Å²) >= 11 is 1.39. The number of hydrogen-bond acceptors (Lipinski definition) is 5. The second-order valence-electron chi connectivity index (χ2n) is 3.90. The van der Waals surface area contributed by atoms with Gasteiger partial charge in [0.2, 0.25) is 5.13 Å². The summed E-state index contributed by atoms with van der Waals surface area (Å²) in [5.74, 6) is -0.0562. The minimum absolute atomic E-state index is 0.0562. The minimum atomic E-state index is -0.0562. The fraction of sp³-hybridized carbons (Fsp3) is 0.364. The van der Waals surface area contributed by atoms with E-state index in [2.05, 4.69) is 15.5 Å². The van der Waals surface area contributed by atoms with E-state index < -0.39 is 0 Å². The number of hydrogen-bond donors (Lipinski definition) is 2. The van der Waals surface area contributed by atoms with E-state index in [0.717, 1.165) is 17.8 Å². The van der Waals surface area contributed by atoms with Gasteiger partial charge in [-0.15, -0.1) is 10.2 Å². The Morgan fingerprint density at radius 1 is 1.56 bits per heavy atom. The van der Waals surface area contributed by atoms with Crippen molar-refractivity contribution in [3.05, 3.63) is 29.0 Å². The number of aromatic nitrogens is 3. The predicted octanol–water partition coefficient (Wildman–Crippen LogP) is 0.821. The standard InChI is InChI=1S/C11H15N5OS/c1-16-7-3-4-8(16)10(17)13-6-2-5-9-14-15-11(12)18-9/h3-4,7H,2,5-6H2,1H3,(H2,12,15)(H,13,17). The quantitative estimate of drug-likeness (QED) is 0.784. The molecule has 0 radical (unpaired) electrons. The lowest BCUT2D eigenvalue weighted by atomic mass is 10.3. The highest BCUT2D eigenvalue weighted by Crippen LogP contribution is 2.12. The van der Waals surface area contributed by atoms with Gasteiger partial charge in [0, 0.05) is 26.2 Å². The average molecular weight is 265 g/mol. The molecule has 0 aliphatic rings. The van der Waals surface area contributed by atoms with Gasteiger partial charge in [0.05, 0.1) is 0 Å². The van der Waals surface area contributed by atoms with Gasteiger partial charge < -0.3 is 15.6 Å². The Morgan fingerprint density at radius 3 is 3.00 bits per heavy atom. The lowest BCUT2D eigenvalue weighted by molar-refractivity contribution is 0.0945. The molecular weight excluding hydrogens is 250 g/mol. The lowest BCUT2D eigenvalue weighted by Crippen LogP contribution is -2.26. The SMILES string of the molecule is Cn1cccc1C(=O)NCCCc1nnc(N)s1. The zero-order valence-corrected chi connectivity index (χ0v) is 10.9. The van der Waals surface area contributed by atoms with Crippen LogP contribution in [0.2, 0.25) is 0 Å². The molecule has 0 spiro atoms. The van der Waals surface area contributed by atoms with E-state index in [1.54, 1.807) is 10.6 Å². The summed E-state index contributed by atoms with van der Waals surface area (Å²) < 4.78 is 1.79. The van der Waals surface area contributed by atoms with Gasteiger partial charge in [-0.3, -0.25) is 4.79 Å². The van der Waals surface area contributed by atoms with Crippen LogP contribution in [0.4, 0.5) is 5.13 Å². The molecule has 0 bridgehead atoms. The number of amides is 1. The summed E-state index contributed by atoms with van der Waals surface area (Å²) in [5.41, 5.74) is 6.15. The van der Waals surface area contributed by atoms with Gasteiger partial charge in [0.15, 0.2) is 0 Å². The minimum Gasteiger partial charge on any atom is -0.374 e. The number of aryl methyl sites for hydroxylation is 2. The van der Waals surface area contributed by atoms with Gasteiger partial charge in [0.25, 0.3) is 5.91 Å². The molecule has 2 aromatic heterocycles. The van der Waals surface area contributed by atoms with E-state index in [4.69, 9.17) is 5.73 Å². The van der Waals surface area contributed by atoms with E-state index in [0.29, 0.717) is 17.4 Å². The van der Waals surface area contributed by atoms with Crippen LogP contribution in [0.25, 0.3) is 0 Å². The summed E-state index contributed by atoms with van der Waals surface area (Å²) in [4.78, 5) is 11.8. The van der Waals surface area contributed by atoms with Gasteiger partial charge in [-0.1, -0.05) is 11.3 Å². The van der Waals surface area contributed by atoms with Gasteiger partial charge in [-0.05, 0) is 18.6 Å². The Kier molecular flexibility index (Phi) is 3.93. The van der Waals surface area contributed by atoms with Gasteiger partial charge in [-0.2, -0.15) is 0 Å². The zero-order chi connectivity index (χ0) is 13.0. The van der Waals surface area contributed by atoms with Crippen LogP contribution in [-0.4, -0.2) is 27.2 Å². The van der Waals surface area contributed by atoms with Crippen molar-refractivity contribution in [2.75, 3.05) is 12.3 Å². The van der Waals surface area contributed by atoms with E-state index in [9.17, 15) is 4.79 Å². The molecule has 0 atom stereocenters. The molecule has 2 aromatic rings. The van der Waals surface area contributed by atoms with E-state index in [1.165, 1.54) is 11.3 Å². The third-order valence-corrected chi connectivity index (χ3v) is 3.32. The highest BCUT2D eigenvalue weighted by atomic mass is 32.1. The molecule has 96 valence electrons. The first kappa shape index (κ1) is 12.6. The van der Waals surface area contributed by atoms with Crippen molar-refractivity contribution in [2.24, 2.45) is 7.05 Å². The van der Waals surface area contributed by atoms with Crippen LogP contribution in [0.3, 0.4) is 0 Å². The average Bonchev–Trinajstić information content (AvgIpc) is 2.93. The van der Waals surface area contributed by atoms with Gasteiger partial charge in [-0.25, -0.2) is 0 Å². The van der Waals surface area contributed by atoms with E-state index in [1.807, 2.05) is 19.3 Å². The monoisotopic (exact) mass is 265 g/mol. The van der Waals surface area contributed by atoms with Crippen LogP contribution in [0.15, 0.2) is 18.3 Å². The first-order valence-corrected chi connectivity index (χ1v) is 6.46. The van der Waals surface area contributed by atoms with E-state index in [-0.39, 0.29) is 5.91 Å². The molecule has 0 saturated carbocycles. The highest BCUT2D eigenvalue weighted by Gasteiger charge is 2.07. The summed E-state index contributed by atoms with van der Waals surface area (Å²) in [7, 11) is 1.85. The maximum absolute atomic E-state index is 11.8. The molecule has 2 rings (SSSR count). The van der Waals surface area contributed by atoms with E-state index >= 15 is 0 Å². The Hall–Kier alpha value is -1.89. The first-order chi connectivity index (χ1) is 8.66. The number of carbonyl (C=O) groups is 1. The number of nitrogens with two attached hydrogens (primary N) is 1. The molecule has 0 fully saturated rings. The number of nitrogens with zero attached hydrogens (tertiary/aromatic N) is 3. The van der Waals surface area contributed by atoms with Crippen LogP contribution in [0.5, 0.6) is 0 Å². The number of carbonyl (C=O) groups excluding carboxylic acids is 1. The van der Waals surface area contributed by atoms with Crippen molar-refractivity contribution in [2.45, 2.75) is 12.8 Å². The number of anilines is 1. The highest BCUT2D eigenvalue weighted by molar-refractivity contribution is 7.15. The van der Waals surface area contributed by atoms with Crippen molar-refractivity contribution >= 4 is 22.4 Å². The molecule has 0 unspecified atom stereocenters. The number of rotatable bonds is 5. The normalized spacial score (nSPS) is 10.5. The third-order valence-electron chi connectivity index (χ3n) is 2.51. The molecule has 0 aromatic carbocycles. The summed E-state index contributed by atoms with van der Waals surface area (Å²) in [5, 5.41) is 11.9. The van der Waals surface area contributed by atoms with Gasteiger partial charge in [0.1, 0.15) is 10.7 Å². The Labute approximate surface area is 109 Å². The van der Waals surface area contributed by atoms with Crippen molar-refractivity contribution in [3.8, 4) is 0 Å². The predicted molar refractivity (Wildman–Crippen MR) is 70.4 cm³/mol. The van der Waals surface area contributed by atoms with Crippen LogP contribution >= 0.6 is 11.3 Å². The lowest BCUT2D eigenvalue weighted by Gasteiger charge is -2.05. The molecule has 0 aliphatic carbocycles. The second-order valence-corrected chi connectivity index (χ2v) is 4.99. The Morgan fingerprint density at radius 2 is 2.39 bits per heavy atom. The topological polar surface area (TPSA) is 85.8 Å². The summed E-state index contributed by atoms with van der Waals surface area (Å²) in [6.45, 7) is 0.615. The largest absolute Gasteiger partial charge is 0.374 e. The number of nitrogen functional groups attached to an aromatic ring is 1. The van der Waals surface area contributed by atoms with Crippen LogP contribution < -0.4 is 11.1 Å². The third kappa shape index (κ3) is 3.07. The molecule has 18 heavy (non-hydrogen) atoms. The number of nitrogens with one attached hydrogen (secondary N) is 1. The second kappa shape index (κ2) is 5.63. The zero-order valence-electron chi connectivity index (χ0n) is 10.1. The molecular formula is C11H15N5OS. The molecule has 0 aliphatic heterocycles. The van der Waals surface area contributed by atoms with Crippen LogP contribution in [-0.2, 0) is 13.5 Å². The molecule has 3 N–H and O–H groups in total. The van der Waals surface area contributed by atoms with Crippen molar-refractivity contribution in [3.63, 3.8) is 0 Å². The molecule has 6 nitrogen and oxygen atoms in total. The molecule has 7 heteroatoms.